The van der Waals surface area contributed by atoms with Crippen LogP contribution in [0, 0.1) is 28.1 Å². The number of nitriles is 1. The van der Waals surface area contributed by atoms with Crippen LogP contribution < -0.4 is 15.0 Å². The van der Waals surface area contributed by atoms with Gasteiger partial charge in [-0.15, -0.1) is 0 Å². The van der Waals surface area contributed by atoms with Gasteiger partial charge in [-0.1, -0.05) is 39.3 Å². The van der Waals surface area contributed by atoms with Crippen LogP contribution in [0.3, 0.4) is 0 Å². The number of hydrogen-bond donors (Lipinski definition) is 1. The van der Waals surface area contributed by atoms with Crippen LogP contribution in [0.4, 0.5) is 5.69 Å². The molecule has 2 fully saturated rings. The number of carbonyl (C=O) groups excluding carboxylic acids is 2. The number of anilines is 1. The Balaban J connectivity index is 1.40. The standard InChI is InChI=1S/C28H32ClN3O4/c1-27(2)25(28(3,4)26(27)36-21-11-8-18(15-30)22(29)14-21)31-23(33)17-6-9-20(10-7-17)32-13-12-19(16-32)24(34)35-5/h6-11,14,19,25-26H,12-13,16H2,1-5H3,(H,31,33)/t19-,25?,26?/m1/s1. The zero-order valence-electron chi connectivity index (χ0n) is 21.3. The highest BCUT2D eigenvalue weighted by Crippen LogP contribution is 2.55. The fourth-order valence-electron chi connectivity index (χ4n) is 5.99. The largest absolute Gasteiger partial charge is 0.489 e. The highest BCUT2D eigenvalue weighted by molar-refractivity contribution is 6.31. The summed E-state index contributed by atoms with van der Waals surface area (Å²) >= 11 is 6.18. The fourth-order valence-corrected chi connectivity index (χ4v) is 6.20. The van der Waals surface area contributed by atoms with Gasteiger partial charge in [0, 0.05) is 47.3 Å². The smallest absolute Gasteiger partial charge is 0.310 e. The molecule has 1 amide bonds. The van der Waals surface area contributed by atoms with E-state index >= 15 is 0 Å². The lowest BCUT2D eigenvalue weighted by atomic mass is 9.49. The Morgan fingerprint density at radius 3 is 2.36 bits per heavy atom. The van der Waals surface area contributed by atoms with Gasteiger partial charge in [0.05, 0.1) is 23.6 Å². The van der Waals surface area contributed by atoms with E-state index in [0.717, 1.165) is 18.7 Å². The zero-order chi connectivity index (χ0) is 26.3. The predicted molar refractivity (Wildman–Crippen MR) is 138 cm³/mol. The minimum Gasteiger partial charge on any atom is -0.489 e. The van der Waals surface area contributed by atoms with Crippen molar-refractivity contribution in [1.82, 2.24) is 5.32 Å². The lowest BCUT2D eigenvalue weighted by molar-refractivity contribution is -0.164. The first-order valence-corrected chi connectivity index (χ1v) is 12.5. The van der Waals surface area contributed by atoms with E-state index in [1.165, 1.54) is 7.11 Å². The molecule has 0 bridgehead atoms. The summed E-state index contributed by atoms with van der Waals surface area (Å²) in [6.45, 7) is 9.71. The van der Waals surface area contributed by atoms with Crippen molar-refractivity contribution in [3.8, 4) is 11.8 Å². The van der Waals surface area contributed by atoms with Crippen LogP contribution in [0.2, 0.25) is 5.02 Å². The maximum atomic E-state index is 13.1. The lowest BCUT2D eigenvalue weighted by Crippen LogP contribution is -2.74. The molecule has 1 heterocycles. The molecule has 1 aliphatic heterocycles. The van der Waals surface area contributed by atoms with Crippen molar-refractivity contribution in [1.29, 1.82) is 5.26 Å². The van der Waals surface area contributed by atoms with E-state index in [9.17, 15) is 9.59 Å². The summed E-state index contributed by atoms with van der Waals surface area (Å²) in [5, 5.41) is 12.7. The summed E-state index contributed by atoms with van der Waals surface area (Å²) in [4.78, 5) is 27.1. The van der Waals surface area contributed by atoms with E-state index in [-0.39, 0.29) is 40.8 Å². The summed E-state index contributed by atoms with van der Waals surface area (Å²) in [5.74, 6) is 0.170. The quantitative estimate of drug-likeness (QED) is 0.561. The van der Waals surface area contributed by atoms with Gasteiger partial charge in [0.1, 0.15) is 17.9 Å². The summed E-state index contributed by atoms with van der Waals surface area (Å²) in [6.07, 6.45) is 0.596. The lowest BCUT2D eigenvalue weighted by Gasteiger charge is -2.63. The molecule has 0 radical (unpaired) electrons. The molecule has 4 rings (SSSR count). The number of benzene rings is 2. The van der Waals surface area contributed by atoms with Crippen LogP contribution in [0.25, 0.3) is 0 Å². The number of hydrogen-bond acceptors (Lipinski definition) is 6. The normalized spacial score (nSPS) is 23.8. The second-order valence-corrected chi connectivity index (χ2v) is 11.2. The fraction of sp³-hybridized carbons (Fsp3) is 0.464. The van der Waals surface area contributed by atoms with Crippen molar-refractivity contribution >= 4 is 29.2 Å². The predicted octanol–water partition coefficient (Wildman–Crippen LogP) is 4.82. The average molecular weight is 510 g/mol. The molecular formula is C28H32ClN3O4. The van der Waals surface area contributed by atoms with Crippen LogP contribution in [0.5, 0.6) is 5.75 Å². The molecule has 2 aromatic rings. The summed E-state index contributed by atoms with van der Waals surface area (Å²) < 4.78 is 11.2. The van der Waals surface area contributed by atoms with E-state index in [2.05, 4.69) is 44.0 Å². The molecule has 36 heavy (non-hydrogen) atoms. The van der Waals surface area contributed by atoms with Gasteiger partial charge in [-0.25, -0.2) is 0 Å². The van der Waals surface area contributed by atoms with Gasteiger partial charge in [0.15, 0.2) is 0 Å². The first kappa shape index (κ1) is 25.8. The summed E-state index contributed by atoms with van der Waals surface area (Å²) in [5.41, 5.74) is 1.30. The molecule has 1 aliphatic carbocycles. The van der Waals surface area contributed by atoms with E-state index < -0.39 is 0 Å². The van der Waals surface area contributed by atoms with Crippen molar-refractivity contribution in [3.63, 3.8) is 0 Å². The van der Waals surface area contributed by atoms with Gasteiger partial charge in [0.25, 0.3) is 5.91 Å². The van der Waals surface area contributed by atoms with Gasteiger partial charge >= 0.3 is 5.97 Å². The number of nitrogens with zero attached hydrogens (tertiary/aromatic N) is 2. The van der Waals surface area contributed by atoms with Crippen molar-refractivity contribution in [3.05, 3.63) is 58.6 Å². The Kier molecular flexibility index (Phi) is 6.94. The third kappa shape index (κ3) is 4.62. The molecule has 0 unspecified atom stereocenters. The van der Waals surface area contributed by atoms with Crippen LogP contribution in [-0.4, -0.2) is 44.2 Å². The Morgan fingerprint density at radius 2 is 1.78 bits per heavy atom. The van der Waals surface area contributed by atoms with Gasteiger partial charge in [-0.05, 0) is 42.8 Å². The number of methoxy groups -OCH3 is 1. The van der Waals surface area contributed by atoms with Crippen molar-refractivity contribution in [2.75, 3.05) is 25.1 Å². The van der Waals surface area contributed by atoms with E-state index in [1.54, 1.807) is 18.2 Å². The molecule has 0 aromatic heterocycles. The molecule has 1 atom stereocenters. The molecule has 1 N–H and O–H groups in total. The minimum atomic E-state index is -0.335. The Morgan fingerprint density at radius 1 is 1.11 bits per heavy atom. The number of halogens is 1. The van der Waals surface area contributed by atoms with Crippen LogP contribution in [0.15, 0.2) is 42.5 Å². The second-order valence-electron chi connectivity index (χ2n) is 10.8. The highest BCUT2D eigenvalue weighted by Gasteiger charge is 2.64. The van der Waals surface area contributed by atoms with E-state index in [4.69, 9.17) is 26.3 Å². The van der Waals surface area contributed by atoms with Crippen LogP contribution in [0.1, 0.15) is 50.0 Å². The second kappa shape index (κ2) is 9.67. The summed E-state index contributed by atoms with van der Waals surface area (Å²) in [7, 11) is 1.42. The van der Waals surface area contributed by atoms with E-state index in [1.807, 2.05) is 24.3 Å². The first-order valence-electron chi connectivity index (χ1n) is 12.1. The molecule has 7 nitrogen and oxygen atoms in total. The molecule has 190 valence electrons. The topological polar surface area (TPSA) is 91.7 Å². The molecule has 8 heteroatoms. The summed E-state index contributed by atoms with van der Waals surface area (Å²) in [6, 6.07) is 14.5. The average Bonchev–Trinajstić information content (AvgIpc) is 3.35. The SMILES string of the molecule is COC(=O)[C@@H]1CCN(c2ccc(C(=O)NC3C(C)(C)C(Oc4ccc(C#N)c(Cl)c4)C3(C)C)cc2)C1. The number of ether oxygens (including phenoxy) is 2. The van der Waals surface area contributed by atoms with Gasteiger partial charge in [-0.2, -0.15) is 5.26 Å². The number of amides is 1. The van der Waals surface area contributed by atoms with Crippen LogP contribution >= 0.6 is 11.6 Å². The number of esters is 1. The Bertz CT molecular complexity index is 1190. The first-order chi connectivity index (χ1) is 17.0. The Hall–Kier alpha value is -3.24. The minimum absolute atomic E-state index is 0.114. The van der Waals surface area contributed by atoms with E-state index in [0.29, 0.717) is 28.4 Å². The highest BCUT2D eigenvalue weighted by atomic mass is 35.5. The number of rotatable bonds is 6. The van der Waals surface area contributed by atoms with Crippen molar-refractivity contribution in [2.24, 2.45) is 16.7 Å². The molecular weight excluding hydrogens is 478 g/mol. The van der Waals surface area contributed by atoms with Gasteiger partial charge in [0.2, 0.25) is 0 Å². The molecule has 1 saturated carbocycles. The molecule has 2 aliphatic rings. The number of nitrogens with one attached hydrogen (secondary N) is 1. The maximum Gasteiger partial charge on any atom is 0.310 e. The Labute approximate surface area is 217 Å². The van der Waals surface area contributed by atoms with Gasteiger partial charge in [-0.3, -0.25) is 9.59 Å². The third-order valence-corrected chi connectivity index (χ3v) is 7.96. The van der Waals surface area contributed by atoms with Crippen molar-refractivity contribution < 1.29 is 19.1 Å². The number of carbonyl (C=O) groups is 2. The van der Waals surface area contributed by atoms with Crippen molar-refractivity contribution in [2.45, 2.75) is 46.3 Å². The molecule has 1 saturated heterocycles. The molecule has 2 aromatic carbocycles. The molecule has 0 spiro atoms. The van der Waals surface area contributed by atoms with Gasteiger partial charge < -0.3 is 19.7 Å². The third-order valence-electron chi connectivity index (χ3n) is 7.65. The zero-order valence-corrected chi connectivity index (χ0v) is 22.1. The maximum absolute atomic E-state index is 13.1. The van der Waals surface area contributed by atoms with Crippen LogP contribution in [-0.2, 0) is 9.53 Å². The monoisotopic (exact) mass is 509 g/mol.